The first kappa shape index (κ1) is 16.0. The van der Waals surface area contributed by atoms with Gasteiger partial charge in [0.2, 0.25) is 5.88 Å². The molecule has 0 atom stereocenters. The Morgan fingerprint density at radius 1 is 1.18 bits per heavy atom. The molecular formula is C17H20N2O3. The van der Waals surface area contributed by atoms with Crippen LogP contribution in [0.2, 0.25) is 0 Å². The van der Waals surface area contributed by atoms with Crippen LogP contribution < -0.4 is 4.74 Å². The van der Waals surface area contributed by atoms with E-state index < -0.39 is 0 Å². The Kier molecular flexibility index (Phi) is 5.49. The van der Waals surface area contributed by atoms with Gasteiger partial charge in [-0.2, -0.15) is 0 Å². The van der Waals surface area contributed by atoms with Gasteiger partial charge in [-0.1, -0.05) is 6.07 Å². The van der Waals surface area contributed by atoms with E-state index in [4.69, 9.17) is 9.47 Å². The summed E-state index contributed by atoms with van der Waals surface area (Å²) in [5.74, 6) is 0.868. The highest BCUT2D eigenvalue weighted by molar-refractivity contribution is 5.89. The van der Waals surface area contributed by atoms with Gasteiger partial charge in [-0.05, 0) is 51.4 Å². The number of benzene rings is 1. The summed E-state index contributed by atoms with van der Waals surface area (Å²) in [5, 5.41) is 0. The van der Waals surface area contributed by atoms with Gasteiger partial charge in [0, 0.05) is 18.3 Å². The van der Waals surface area contributed by atoms with Gasteiger partial charge in [-0.3, -0.25) is 0 Å². The number of carbonyl (C=O) groups excluding carboxylic acids is 1. The van der Waals surface area contributed by atoms with Crippen molar-refractivity contribution in [3.8, 4) is 11.6 Å². The van der Waals surface area contributed by atoms with Crippen molar-refractivity contribution in [3.63, 3.8) is 0 Å². The van der Waals surface area contributed by atoms with Gasteiger partial charge in [0.1, 0.15) is 5.75 Å². The molecule has 116 valence electrons. The van der Waals surface area contributed by atoms with E-state index >= 15 is 0 Å². The quantitative estimate of drug-likeness (QED) is 0.767. The molecule has 0 spiro atoms. The van der Waals surface area contributed by atoms with Crippen molar-refractivity contribution < 1.29 is 14.3 Å². The maximum Gasteiger partial charge on any atom is 0.338 e. The second kappa shape index (κ2) is 7.56. The van der Waals surface area contributed by atoms with E-state index in [1.54, 1.807) is 37.4 Å². The molecule has 0 unspecified atom stereocenters. The molecule has 2 aromatic rings. The van der Waals surface area contributed by atoms with Crippen LogP contribution in [0.15, 0.2) is 42.6 Å². The number of carbonyl (C=O) groups is 1. The number of pyridine rings is 1. The third kappa shape index (κ3) is 4.30. The van der Waals surface area contributed by atoms with Crippen molar-refractivity contribution in [3.05, 3.63) is 53.7 Å². The zero-order valence-electron chi connectivity index (χ0n) is 13.1. The Hall–Kier alpha value is -2.40. The maximum absolute atomic E-state index is 11.6. The van der Waals surface area contributed by atoms with Crippen molar-refractivity contribution in [1.82, 2.24) is 9.88 Å². The van der Waals surface area contributed by atoms with Crippen molar-refractivity contribution in [2.45, 2.75) is 13.5 Å². The molecule has 1 aromatic heterocycles. The van der Waals surface area contributed by atoms with Gasteiger partial charge in [0.15, 0.2) is 0 Å². The molecule has 0 aliphatic rings. The zero-order chi connectivity index (χ0) is 15.9. The Balaban J connectivity index is 2.13. The molecule has 5 nitrogen and oxygen atoms in total. The molecule has 1 aromatic carbocycles. The summed E-state index contributed by atoms with van der Waals surface area (Å²) in [6, 6.07) is 10.7. The zero-order valence-corrected chi connectivity index (χ0v) is 13.1. The van der Waals surface area contributed by atoms with Crippen LogP contribution in [-0.2, 0) is 11.3 Å². The summed E-state index contributed by atoms with van der Waals surface area (Å²) < 4.78 is 10.8. The minimum atomic E-state index is -0.333. The fourth-order valence-electron chi connectivity index (χ4n) is 1.96. The van der Waals surface area contributed by atoms with Crippen LogP contribution in [0.25, 0.3) is 0 Å². The average Bonchev–Trinajstić information content (AvgIpc) is 2.50. The van der Waals surface area contributed by atoms with E-state index in [-0.39, 0.29) is 5.97 Å². The van der Waals surface area contributed by atoms with Gasteiger partial charge in [0.05, 0.1) is 12.2 Å². The highest BCUT2D eigenvalue weighted by Gasteiger charge is 2.09. The van der Waals surface area contributed by atoms with Crippen molar-refractivity contribution in [2.24, 2.45) is 0 Å². The van der Waals surface area contributed by atoms with E-state index in [1.807, 2.05) is 31.1 Å². The lowest BCUT2D eigenvalue weighted by atomic mass is 10.2. The van der Waals surface area contributed by atoms with Crippen molar-refractivity contribution in [2.75, 3.05) is 20.7 Å². The first-order valence-electron chi connectivity index (χ1n) is 7.14. The van der Waals surface area contributed by atoms with Gasteiger partial charge in [0.25, 0.3) is 0 Å². The summed E-state index contributed by atoms with van der Waals surface area (Å²) in [6.07, 6.45) is 1.70. The average molecular weight is 300 g/mol. The van der Waals surface area contributed by atoms with E-state index in [2.05, 4.69) is 4.98 Å². The summed E-state index contributed by atoms with van der Waals surface area (Å²) in [6.45, 7) is 2.88. The monoisotopic (exact) mass is 300 g/mol. The molecule has 0 radical (unpaired) electrons. The Morgan fingerprint density at radius 3 is 2.55 bits per heavy atom. The summed E-state index contributed by atoms with van der Waals surface area (Å²) in [7, 11) is 3.98. The standard InChI is InChI=1S/C17H20N2O3/c1-4-21-17(20)13-7-9-15(10-8-13)22-16-14(12-19(2)3)6-5-11-18-16/h5-11H,4,12H2,1-3H3. The predicted molar refractivity (Wildman–Crippen MR) is 84.1 cm³/mol. The molecule has 0 aliphatic carbocycles. The Morgan fingerprint density at radius 2 is 1.91 bits per heavy atom. The van der Waals surface area contributed by atoms with Gasteiger partial charge < -0.3 is 14.4 Å². The highest BCUT2D eigenvalue weighted by atomic mass is 16.5. The fourth-order valence-corrected chi connectivity index (χ4v) is 1.96. The molecule has 0 amide bonds. The molecule has 22 heavy (non-hydrogen) atoms. The fraction of sp³-hybridized carbons (Fsp3) is 0.294. The van der Waals surface area contributed by atoms with Crippen molar-refractivity contribution in [1.29, 1.82) is 0 Å². The molecule has 0 aliphatic heterocycles. The molecule has 0 fully saturated rings. The highest BCUT2D eigenvalue weighted by Crippen LogP contribution is 2.24. The minimum Gasteiger partial charge on any atom is -0.462 e. The van der Waals surface area contributed by atoms with Crippen molar-refractivity contribution >= 4 is 5.97 Å². The summed E-state index contributed by atoms with van der Waals surface area (Å²) in [4.78, 5) is 17.9. The molecule has 0 N–H and O–H groups in total. The molecule has 2 rings (SSSR count). The smallest absolute Gasteiger partial charge is 0.338 e. The van der Waals surface area contributed by atoms with E-state index in [1.165, 1.54) is 0 Å². The first-order chi connectivity index (χ1) is 10.6. The SMILES string of the molecule is CCOC(=O)c1ccc(Oc2ncccc2CN(C)C)cc1. The number of hydrogen-bond donors (Lipinski definition) is 0. The normalized spacial score (nSPS) is 10.5. The first-order valence-corrected chi connectivity index (χ1v) is 7.14. The molecule has 0 saturated heterocycles. The molecule has 0 saturated carbocycles. The Labute approximate surface area is 130 Å². The number of rotatable bonds is 6. The van der Waals surface area contributed by atoms with Gasteiger partial charge in [-0.15, -0.1) is 0 Å². The number of aromatic nitrogens is 1. The van der Waals surface area contributed by atoms with Crippen LogP contribution in [0, 0.1) is 0 Å². The third-order valence-electron chi connectivity index (χ3n) is 2.92. The van der Waals surface area contributed by atoms with E-state index in [0.29, 0.717) is 23.8 Å². The second-order valence-electron chi connectivity index (χ2n) is 5.05. The van der Waals surface area contributed by atoms with E-state index in [9.17, 15) is 4.79 Å². The summed E-state index contributed by atoms with van der Waals surface area (Å²) in [5.41, 5.74) is 1.51. The lowest BCUT2D eigenvalue weighted by Crippen LogP contribution is -2.11. The van der Waals surface area contributed by atoms with Crippen LogP contribution in [0.3, 0.4) is 0 Å². The third-order valence-corrected chi connectivity index (χ3v) is 2.92. The lowest BCUT2D eigenvalue weighted by molar-refractivity contribution is 0.0526. The van der Waals surface area contributed by atoms with Gasteiger partial charge in [-0.25, -0.2) is 9.78 Å². The minimum absolute atomic E-state index is 0.333. The largest absolute Gasteiger partial charge is 0.462 e. The number of esters is 1. The number of hydrogen-bond acceptors (Lipinski definition) is 5. The molecule has 5 heteroatoms. The van der Waals surface area contributed by atoms with Gasteiger partial charge >= 0.3 is 5.97 Å². The number of nitrogens with zero attached hydrogens (tertiary/aromatic N) is 2. The Bertz CT molecular complexity index is 624. The second-order valence-corrected chi connectivity index (χ2v) is 5.05. The van der Waals surface area contributed by atoms with E-state index in [0.717, 1.165) is 12.1 Å². The van der Waals surface area contributed by atoms with Crippen LogP contribution in [-0.4, -0.2) is 36.6 Å². The van der Waals surface area contributed by atoms with Crippen LogP contribution in [0.5, 0.6) is 11.6 Å². The predicted octanol–water partition coefficient (Wildman–Crippen LogP) is 3.11. The van der Waals surface area contributed by atoms with Crippen LogP contribution in [0.4, 0.5) is 0 Å². The maximum atomic E-state index is 11.6. The lowest BCUT2D eigenvalue weighted by Gasteiger charge is -2.13. The summed E-state index contributed by atoms with van der Waals surface area (Å²) >= 11 is 0. The molecular weight excluding hydrogens is 280 g/mol. The van der Waals surface area contributed by atoms with Crippen LogP contribution in [0.1, 0.15) is 22.8 Å². The molecule has 0 bridgehead atoms. The molecule has 1 heterocycles. The number of ether oxygens (including phenoxy) is 2. The van der Waals surface area contributed by atoms with Crippen LogP contribution >= 0.6 is 0 Å². The topological polar surface area (TPSA) is 51.7 Å².